The molecule has 4 amide bonds. The van der Waals surface area contributed by atoms with Crippen LogP contribution in [0.5, 0.6) is 0 Å². The molecule has 282 valence electrons. The minimum atomic E-state index is -0.158. The predicted molar refractivity (Wildman–Crippen MR) is 195 cm³/mol. The minimum absolute atomic E-state index is 0.0462. The number of nitrogens with zero attached hydrogens (tertiary/aromatic N) is 2. The normalized spacial score (nSPS) is 11.2. The van der Waals surface area contributed by atoms with Gasteiger partial charge < -0.3 is 44.2 Å². The summed E-state index contributed by atoms with van der Waals surface area (Å²) in [7, 11) is 0. The number of carbonyl (C=O) groups excluding carboxylic acids is 4. The van der Waals surface area contributed by atoms with Crippen molar-refractivity contribution in [3.05, 3.63) is 0 Å². The molecule has 0 bridgehead atoms. The Morgan fingerprint density at radius 3 is 0.750 bits per heavy atom. The summed E-state index contributed by atoms with van der Waals surface area (Å²) in [5.41, 5.74) is 22.3. The number of hydrogen-bond acceptors (Lipinski definition) is 10. The Morgan fingerprint density at radius 2 is 0.542 bits per heavy atom. The van der Waals surface area contributed by atoms with Gasteiger partial charge in [0.1, 0.15) is 0 Å². The zero-order valence-electron chi connectivity index (χ0n) is 30.1. The first-order valence-electron chi connectivity index (χ1n) is 18.7. The molecule has 0 radical (unpaired) electrons. The second-order valence-electron chi connectivity index (χ2n) is 12.6. The second-order valence-corrected chi connectivity index (χ2v) is 12.6. The van der Waals surface area contributed by atoms with Crippen LogP contribution in [0.1, 0.15) is 103 Å². The van der Waals surface area contributed by atoms with Crippen LogP contribution in [0.3, 0.4) is 0 Å². The number of amides is 4. The average molecular weight is 685 g/mol. The third-order valence-electron chi connectivity index (χ3n) is 8.01. The third kappa shape index (κ3) is 30.9. The second kappa shape index (κ2) is 34.5. The molecule has 12 N–H and O–H groups in total. The summed E-state index contributed by atoms with van der Waals surface area (Å²) in [6, 6.07) is 0. The fraction of sp³-hybridized carbons (Fsp3) is 0.882. The summed E-state index contributed by atoms with van der Waals surface area (Å²) in [6.07, 6.45) is 15.5. The summed E-state index contributed by atoms with van der Waals surface area (Å²) in [5.74, 6) is -0.631. The highest BCUT2D eigenvalue weighted by molar-refractivity contribution is 5.82. The standard InChI is InChI=1S/C34H72N10O4/c35-17-9-1-5-13-21-39-31(45)27-43(28-32(46)40-22-14-6-2-10-18-36)25-26-44(29-33(47)41-23-15-7-3-11-19-37)30-34(48)42-24-16-8-4-12-20-38/h1-30,35-38H2,(H,39,45)(H,40,46)(H,41,47)(H,42,48). The molecule has 0 fully saturated rings. The Hall–Kier alpha value is -2.36. The topological polar surface area (TPSA) is 227 Å². The SMILES string of the molecule is NCCCCCCNC(=O)CN(CCN(CC(=O)NCCCCCCN)CC(=O)NCCCCCCN)CC(=O)NCCCCCCN. The van der Waals surface area contributed by atoms with Gasteiger partial charge >= 0.3 is 0 Å². The molecule has 0 spiro atoms. The van der Waals surface area contributed by atoms with E-state index < -0.39 is 0 Å². The molecule has 0 aromatic carbocycles. The van der Waals surface area contributed by atoms with Crippen LogP contribution in [0.25, 0.3) is 0 Å². The molecule has 0 saturated carbocycles. The maximum absolute atomic E-state index is 12.8. The van der Waals surface area contributed by atoms with Crippen molar-refractivity contribution in [2.75, 3.05) is 91.6 Å². The van der Waals surface area contributed by atoms with Gasteiger partial charge in [0.05, 0.1) is 26.2 Å². The molecule has 0 heterocycles. The van der Waals surface area contributed by atoms with Crippen LogP contribution in [0, 0.1) is 0 Å². The van der Waals surface area contributed by atoms with Crippen LogP contribution in [-0.4, -0.2) is 125 Å². The molecule has 0 aromatic heterocycles. The van der Waals surface area contributed by atoms with Gasteiger partial charge in [-0.25, -0.2) is 0 Å². The van der Waals surface area contributed by atoms with E-state index in [-0.39, 0.29) is 49.8 Å². The molecule has 0 aromatic rings. The van der Waals surface area contributed by atoms with Crippen molar-refractivity contribution in [1.82, 2.24) is 31.1 Å². The first-order valence-corrected chi connectivity index (χ1v) is 18.7. The highest BCUT2D eigenvalue weighted by Crippen LogP contribution is 2.01. The molecule has 0 atom stereocenters. The van der Waals surface area contributed by atoms with Crippen molar-refractivity contribution >= 4 is 23.6 Å². The Kier molecular flexibility index (Phi) is 32.8. The van der Waals surface area contributed by atoms with Gasteiger partial charge in [-0.3, -0.25) is 29.0 Å². The summed E-state index contributed by atoms with van der Waals surface area (Å²) >= 11 is 0. The Bertz CT molecular complexity index is 682. The number of hydrogen-bond donors (Lipinski definition) is 8. The van der Waals surface area contributed by atoms with E-state index in [4.69, 9.17) is 22.9 Å². The Morgan fingerprint density at radius 1 is 0.333 bits per heavy atom. The molecular weight excluding hydrogens is 612 g/mol. The van der Waals surface area contributed by atoms with E-state index in [9.17, 15) is 19.2 Å². The van der Waals surface area contributed by atoms with Crippen molar-refractivity contribution in [2.24, 2.45) is 22.9 Å². The molecule has 14 heteroatoms. The van der Waals surface area contributed by atoms with Gasteiger partial charge in [-0.2, -0.15) is 0 Å². The largest absolute Gasteiger partial charge is 0.355 e. The molecule has 0 rings (SSSR count). The maximum atomic E-state index is 12.8. The Labute approximate surface area is 291 Å². The van der Waals surface area contributed by atoms with E-state index in [2.05, 4.69) is 21.3 Å². The lowest BCUT2D eigenvalue weighted by Crippen LogP contribution is -2.49. The van der Waals surface area contributed by atoms with Gasteiger partial charge in [-0.05, 0) is 77.5 Å². The van der Waals surface area contributed by atoms with Crippen LogP contribution in [0.4, 0.5) is 0 Å². The number of nitrogens with one attached hydrogen (secondary N) is 4. The van der Waals surface area contributed by atoms with Crippen molar-refractivity contribution in [2.45, 2.75) is 103 Å². The molecule has 0 saturated heterocycles. The van der Waals surface area contributed by atoms with Gasteiger partial charge in [0.2, 0.25) is 23.6 Å². The average Bonchev–Trinajstić information content (AvgIpc) is 3.06. The highest BCUT2D eigenvalue weighted by atomic mass is 16.2. The zero-order valence-corrected chi connectivity index (χ0v) is 30.1. The lowest BCUT2D eigenvalue weighted by molar-refractivity contribution is -0.128. The van der Waals surface area contributed by atoms with E-state index in [1.165, 1.54) is 0 Å². The lowest BCUT2D eigenvalue weighted by atomic mass is 10.2. The fourth-order valence-corrected chi connectivity index (χ4v) is 5.15. The quantitative estimate of drug-likeness (QED) is 0.0421. The van der Waals surface area contributed by atoms with Crippen LogP contribution < -0.4 is 44.2 Å². The van der Waals surface area contributed by atoms with E-state index in [0.29, 0.717) is 65.4 Å². The summed E-state index contributed by atoms with van der Waals surface area (Å²) in [4.78, 5) is 54.9. The first-order chi connectivity index (χ1) is 23.4. The van der Waals surface area contributed by atoms with Crippen molar-refractivity contribution < 1.29 is 19.2 Å². The van der Waals surface area contributed by atoms with Crippen LogP contribution >= 0.6 is 0 Å². The van der Waals surface area contributed by atoms with E-state index in [1.54, 1.807) is 9.80 Å². The van der Waals surface area contributed by atoms with Crippen molar-refractivity contribution in [3.63, 3.8) is 0 Å². The Balaban J connectivity index is 5.23. The van der Waals surface area contributed by atoms with E-state index in [0.717, 1.165) is 103 Å². The monoisotopic (exact) mass is 685 g/mol. The zero-order chi connectivity index (χ0) is 35.5. The molecule has 0 unspecified atom stereocenters. The molecule has 0 aliphatic heterocycles. The lowest BCUT2D eigenvalue weighted by Gasteiger charge is -2.26. The summed E-state index contributed by atoms with van der Waals surface area (Å²) < 4.78 is 0. The van der Waals surface area contributed by atoms with Gasteiger partial charge in [0.15, 0.2) is 0 Å². The fourth-order valence-electron chi connectivity index (χ4n) is 5.15. The number of rotatable bonds is 35. The molecule has 48 heavy (non-hydrogen) atoms. The summed E-state index contributed by atoms with van der Waals surface area (Å²) in [5, 5.41) is 11.8. The molecule has 14 nitrogen and oxygen atoms in total. The van der Waals surface area contributed by atoms with E-state index >= 15 is 0 Å². The minimum Gasteiger partial charge on any atom is -0.355 e. The number of nitrogens with two attached hydrogens (primary N) is 4. The van der Waals surface area contributed by atoms with Gasteiger partial charge in [-0.1, -0.05) is 51.4 Å². The van der Waals surface area contributed by atoms with Gasteiger partial charge in [0.25, 0.3) is 0 Å². The van der Waals surface area contributed by atoms with Crippen LogP contribution in [0.15, 0.2) is 0 Å². The molecular formula is C34H72N10O4. The van der Waals surface area contributed by atoms with Gasteiger partial charge in [-0.15, -0.1) is 0 Å². The molecule has 0 aliphatic rings. The third-order valence-corrected chi connectivity index (χ3v) is 8.01. The predicted octanol–water partition coefficient (Wildman–Crippen LogP) is 0.132. The molecule has 0 aliphatic carbocycles. The maximum Gasteiger partial charge on any atom is 0.234 e. The van der Waals surface area contributed by atoms with Crippen LogP contribution in [-0.2, 0) is 19.2 Å². The summed E-state index contributed by atoms with van der Waals surface area (Å²) in [6.45, 7) is 5.81. The highest BCUT2D eigenvalue weighted by Gasteiger charge is 2.19. The van der Waals surface area contributed by atoms with E-state index in [1.807, 2.05) is 0 Å². The first kappa shape index (κ1) is 45.6. The van der Waals surface area contributed by atoms with Gasteiger partial charge in [0, 0.05) is 39.3 Å². The van der Waals surface area contributed by atoms with Crippen molar-refractivity contribution in [1.29, 1.82) is 0 Å². The number of carbonyl (C=O) groups is 4. The van der Waals surface area contributed by atoms with Crippen molar-refractivity contribution in [3.8, 4) is 0 Å². The van der Waals surface area contributed by atoms with Crippen LogP contribution in [0.2, 0.25) is 0 Å². The number of unbranched alkanes of at least 4 members (excludes halogenated alkanes) is 12. The smallest absolute Gasteiger partial charge is 0.234 e.